The average molecular weight is 297 g/mol. The quantitative estimate of drug-likeness (QED) is 0.402. The van der Waals surface area contributed by atoms with Crippen LogP contribution in [0.3, 0.4) is 0 Å². The van der Waals surface area contributed by atoms with Gasteiger partial charge in [0.15, 0.2) is 0 Å². The zero-order valence-corrected chi connectivity index (χ0v) is 11.1. The molecular weight excluding hydrogens is 284 g/mol. The van der Waals surface area contributed by atoms with Gasteiger partial charge in [0.1, 0.15) is 5.75 Å². The summed E-state index contributed by atoms with van der Waals surface area (Å²) in [5, 5.41) is -2.93. The Bertz CT molecular complexity index is 495. The highest BCUT2D eigenvalue weighted by atomic mass is 31.2. The van der Waals surface area contributed by atoms with Crippen molar-refractivity contribution < 1.29 is 33.4 Å². The summed E-state index contributed by atoms with van der Waals surface area (Å²) in [6, 6.07) is 5.24. The summed E-state index contributed by atoms with van der Waals surface area (Å²) in [7, 11) is -10.4. The van der Waals surface area contributed by atoms with Gasteiger partial charge in [-0.05, 0) is 31.2 Å². The van der Waals surface area contributed by atoms with Crippen LogP contribution in [0.1, 0.15) is 6.92 Å². The van der Waals surface area contributed by atoms with E-state index >= 15 is 0 Å². The van der Waals surface area contributed by atoms with E-state index in [0.29, 0.717) is 12.6 Å². The second kappa shape index (κ2) is 4.66. The van der Waals surface area contributed by atoms with E-state index in [2.05, 4.69) is 0 Å². The molecule has 10 heteroatoms. The lowest BCUT2D eigenvalue weighted by atomic mass is 10.3. The van der Waals surface area contributed by atoms with E-state index in [9.17, 15) is 9.13 Å². The van der Waals surface area contributed by atoms with Crippen molar-refractivity contribution in [3.8, 4) is 5.75 Å². The van der Waals surface area contributed by atoms with Gasteiger partial charge >= 0.3 is 20.3 Å². The number of benzene rings is 1. The molecule has 0 atom stereocenters. The molecule has 0 heterocycles. The van der Waals surface area contributed by atoms with Crippen molar-refractivity contribution in [3.05, 3.63) is 24.3 Å². The minimum atomic E-state index is -5.20. The van der Waals surface area contributed by atoms with Crippen LogP contribution >= 0.6 is 15.2 Å². The molecule has 8 nitrogen and oxygen atoms in total. The van der Waals surface area contributed by atoms with Crippen LogP contribution in [0, 0.1) is 0 Å². The zero-order valence-electron chi connectivity index (χ0n) is 9.29. The highest BCUT2D eigenvalue weighted by Crippen LogP contribution is 2.68. The van der Waals surface area contributed by atoms with Crippen LogP contribution in [-0.2, 0) is 9.13 Å². The van der Waals surface area contributed by atoms with Crippen LogP contribution < -0.4 is 10.5 Å². The van der Waals surface area contributed by atoms with Crippen molar-refractivity contribution in [1.29, 1.82) is 0 Å². The van der Waals surface area contributed by atoms with E-state index in [0.717, 1.165) is 0 Å². The smallest absolute Gasteiger partial charge is 0.381 e. The van der Waals surface area contributed by atoms with Gasteiger partial charge in [0.05, 0.1) is 0 Å². The monoisotopic (exact) mass is 297 g/mol. The van der Waals surface area contributed by atoms with Gasteiger partial charge < -0.3 is 30.0 Å². The van der Waals surface area contributed by atoms with Crippen LogP contribution in [-0.4, -0.2) is 24.7 Å². The van der Waals surface area contributed by atoms with Crippen molar-refractivity contribution >= 4 is 20.9 Å². The summed E-state index contributed by atoms with van der Waals surface area (Å²) in [5.74, 6) is -0.113. The van der Waals surface area contributed by atoms with E-state index in [1.807, 2.05) is 0 Å². The molecule has 1 aromatic carbocycles. The average Bonchev–Trinajstić information content (AvgIpc) is 2.18. The number of nitrogens with two attached hydrogens (primary N) is 1. The maximum Gasteiger partial charge on any atom is 0.381 e. The van der Waals surface area contributed by atoms with Gasteiger partial charge in [-0.2, -0.15) is 0 Å². The highest BCUT2D eigenvalue weighted by Gasteiger charge is 2.59. The van der Waals surface area contributed by atoms with Crippen molar-refractivity contribution in [2.45, 2.75) is 12.0 Å². The lowest BCUT2D eigenvalue weighted by molar-refractivity contribution is 0.167. The van der Waals surface area contributed by atoms with Crippen molar-refractivity contribution in [2.75, 3.05) is 5.73 Å². The molecule has 18 heavy (non-hydrogen) atoms. The molecule has 6 N–H and O–H groups in total. The van der Waals surface area contributed by atoms with Gasteiger partial charge in [-0.1, -0.05) is 0 Å². The molecule has 0 radical (unpaired) electrons. The topological polar surface area (TPSA) is 150 Å². The van der Waals surface area contributed by atoms with Gasteiger partial charge in [-0.15, -0.1) is 0 Å². The highest BCUT2D eigenvalue weighted by molar-refractivity contribution is 7.72. The number of rotatable bonds is 4. The molecule has 0 amide bonds. The van der Waals surface area contributed by atoms with Crippen molar-refractivity contribution in [3.63, 3.8) is 0 Å². The molecule has 0 saturated carbocycles. The van der Waals surface area contributed by atoms with Crippen LogP contribution in [0.25, 0.3) is 0 Å². The standard InChI is InChI=1S/C8H13NO7P2/c1-8(17(10,11)12,18(13,14)15)16-7-4-2-6(9)3-5-7/h2-5H,9H2,1H3,(H2,10,11,12)(H2,13,14,15). The summed E-state index contributed by atoms with van der Waals surface area (Å²) >= 11 is 0. The predicted octanol–water partition coefficient (Wildman–Crippen LogP) is 0.677. The largest absolute Gasteiger partial charge is 0.462 e. The number of hydrogen-bond donors (Lipinski definition) is 5. The lowest BCUT2D eigenvalue weighted by Gasteiger charge is -2.31. The number of ether oxygens (including phenoxy) is 1. The molecular formula is C8H13NO7P2. The maximum atomic E-state index is 11.2. The third-order valence-electron chi connectivity index (χ3n) is 2.27. The summed E-state index contributed by atoms with van der Waals surface area (Å²) in [4.78, 5) is 36.2. The minimum Gasteiger partial charge on any atom is -0.462 e. The molecule has 0 saturated heterocycles. The summed E-state index contributed by atoms with van der Waals surface area (Å²) in [6.07, 6.45) is 0. The molecule has 0 spiro atoms. The Morgan fingerprint density at radius 1 is 1.06 bits per heavy atom. The van der Waals surface area contributed by atoms with E-state index in [1.54, 1.807) is 0 Å². The first-order chi connectivity index (χ1) is 7.97. The molecule has 0 aliphatic carbocycles. The van der Waals surface area contributed by atoms with Crippen molar-refractivity contribution in [1.82, 2.24) is 0 Å². The Kier molecular flexibility index (Phi) is 3.93. The maximum absolute atomic E-state index is 11.2. The zero-order chi connectivity index (χ0) is 14.2. The normalized spacial score (nSPS) is 13.4. The SMILES string of the molecule is CC(Oc1ccc(N)cc1)(P(=O)(O)O)P(=O)(O)O. The van der Waals surface area contributed by atoms with Gasteiger partial charge in [0, 0.05) is 5.69 Å². The molecule has 0 aliphatic rings. The first-order valence-electron chi connectivity index (χ1n) is 4.63. The third kappa shape index (κ3) is 2.92. The molecule has 0 aromatic heterocycles. The molecule has 1 rings (SSSR count). The molecule has 102 valence electrons. The number of anilines is 1. The van der Waals surface area contributed by atoms with Crippen LogP contribution in [0.15, 0.2) is 24.3 Å². The molecule has 0 unspecified atom stereocenters. The van der Waals surface area contributed by atoms with Crippen LogP contribution in [0.2, 0.25) is 0 Å². The Morgan fingerprint density at radius 3 is 1.78 bits per heavy atom. The first kappa shape index (κ1) is 15.2. The Morgan fingerprint density at radius 2 is 1.44 bits per heavy atom. The summed E-state index contributed by atoms with van der Waals surface area (Å²) in [6.45, 7) is 0.658. The Balaban J connectivity index is 3.20. The minimum absolute atomic E-state index is 0.113. The van der Waals surface area contributed by atoms with Crippen LogP contribution in [0.5, 0.6) is 5.75 Å². The fourth-order valence-electron chi connectivity index (χ4n) is 1.05. The second-order valence-electron chi connectivity index (χ2n) is 3.69. The first-order valence-corrected chi connectivity index (χ1v) is 7.86. The van der Waals surface area contributed by atoms with Crippen LogP contribution in [0.4, 0.5) is 5.69 Å². The van der Waals surface area contributed by atoms with Gasteiger partial charge in [0.25, 0.3) is 0 Å². The summed E-state index contributed by atoms with van der Waals surface area (Å²) in [5.41, 5.74) is 5.77. The van der Waals surface area contributed by atoms with E-state index < -0.39 is 20.3 Å². The van der Waals surface area contributed by atoms with Gasteiger partial charge in [-0.25, -0.2) is 0 Å². The van der Waals surface area contributed by atoms with Gasteiger partial charge in [-0.3, -0.25) is 9.13 Å². The Labute approximate surface area is 103 Å². The van der Waals surface area contributed by atoms with E-state index in [1.165, 1.54) is 24.3 Å². The summed E-state index contributed by atoms with van der Waals surface area (Å²) < 4.78 is 27.3. The molecule has 0 bridgehead atoms. The van der Waals surface area contributed by atoms with Crippen molar-refractivity contribution in [2.24, 2.45) is 0 Å². The fraction of sp³-hybridized carbons (Fsp3) is 0.250. The number of nitrogen functional groups attached to an aromatic ring is 1. The Hall–Kier alpha value is -0.880. The third-order valence-corrected chi connectivity index (χ3v) is 6.18. The lowest BCUT2D eigenvalue weighted by Crippen LogP contribution is -2.32. The molecule has 0 aliphatic heterocycles. The van der Waals surface area contributed by atoms with E-state index in [4.69, 9.17) is 30.0 Å². The predicted molar refractivity (Wildman–Crippen MR) is 64.0 cm³/mol. The van der Waals surface area contributed by atoms with Gasteiger partial charge in [0.2, 0.25) is 0 Å². The second-order valence-corrected chi connectivity index (χ2v) is 7.93. The number of hydrogen-bond acceptors (Lipinski definition) is 4. The van der Waals surface area contributed by atoms with E-state index in [-0.39, 0.29) is 5.75 Å². The molecule has 1 aromatic rings. The fourth-order valence-corrected chi connectivity index (χ4v) is 2.85. The molecule has 0 fully saturated rings.